The van der Waals surface area contributed by atoms with Crippen LogP contribution in [-0.4, -0.2) is 29.1 Å². The van der Waals surface area contributed by atoms with Crippen LogP contribution in [0, 0.1) is 11.8 Å². The number of amides is 1. The molecule has 0 spiro atoms. The van der Waals surface area contributed by atoms with Crippen molar-refractivity contribution >= 4 is 5.91 Å². The third kappa shape index (κ3) is 3.03. The van der Waals surface area contributed by atoms with Crippen LogP contribution >= 0.6 is 0 Å². The zero-order valence-electron chi connectivity index (χ0n) is 13.7. The molecule has 0 aromatic carbocycles. The Labute approximate surface area is 124 Å². The highest BCUT2D eigenvalue weighted by Crippen LogP contribution is 2.32. The Morgan fingerprint density at radius 3 is 2.60 bits per heavy atom. The maximum atomic E-state index is 12.9. The molecule has 0 aromatic heterocycles. The standard InChI is InChI=1S/C17H32N2O/c1-5-12(3)16-17(20)19(15(6-2)18-16)14-11-9-7-8-10-13(14)4/h12-16,18H,5-11H2,1-4H3. The molecule has 116 valence electrons. The van der Waals surface area contributed by atoms with Crippen LogP contribution in [0.15, 0.2) is 0 Å². The van der Waals surface area contributed by atoms with E-state index < -0.39 is 0 Å². The van der Waals surface area contributed by atoms with E-state index in [1.54, 1.807) is 0 Å². The predicted octanol–water partition coefficient (Wildman–Crippen LogP) is 3.54. The van der Waals surface area contributed by atoms with Crippen LogP contribution in [0.1, 0.15) is 72.6 Å². The van der Waals surface area contributed by atoms with Crippen molar-refractivity contribution in [1.29, 1.82) is 0 Å². The topological polar surface area (TPSA) is 32.3 Å². The summed E-state index contributed by atoms with van der Waals surface area (Å²) < 4.78 is 0. The van der Waals surface area contributed by atoms with Crippen molar-refractivity contribution in [3.8, 4) is 0 Å². The lowest BCUT2D eigenvalue weighted by Crippen LogP contribution is -2.47. The number of carbonyl (C=O) groups is 1. The summed E-state index contributed by atoms with van der Waals surface area (Å²) in [6.45, 7) is 8.91. The van der Waals surface area contributed by atoms with E-state index in [0.29, 0.717) is 23.8 Å². The molecule has 1 aliphatic heterocycles. The summed E-state index contributed by atoms with van der Waals surface area (Å²) in [5.74, 6) is 1.44. The van der Waals surface area contributed by atoms with Gasteiger partial charge in [0.15, 0.2) is 0 Å². The van der Waals surface area contributed by atoms with Gasteiger partial charge in [0.25, 0.3) is 0 Å². The highest BCUT2D eigenvalue weighted by molar-refractivity contribution is 5.85. The summed E-state index contributed by atoms with van der Waals surface area (Å²) >= 11 is 0. The smallest absolute Gasteiger partial charge is 0.241 e. The van der Waals surface area contributed by atoms with E-state index >= 15 is 0 Å². The Bertz CT molecular complexity index is 331. The number of hydrogen-bond acceptors (Lipinski definition) is 2. The maximum Gasteiger partial charge on any atom is 0.241 e. The Kier molecular flexibility index (Phi) is 5.48. The second kappa shape index (κ2) is 6.93. The molecule has 2 aliphatic rings. The molecule has 0 bridgehead atoms. The molecule has 5 unspecified atom stereocenters. The van der Waals surface area contributed by atoms with Gasteiger partial charge in [-0.15, -0.1) is 0 Å². The fourth-order valence-corrected chi connectivity index (χ4v) is 3.91. The van der Waals surface area contributed by atoms with Gasteiger partial charge >= 0.3 is 0 Å². The minimum absolute atomic E-state index is 0.0420. The van der Waals surface area contributed by atoms with Crippen LogP contribution in [0.4, 0.5) is 0 Å². The number of carbonyl (C=O) groups excluding carboxylic acids is 1. The predicted molar refractivity (Wildman–Crippen MR) is 83.3 cm³/mol. The highest BCUT2D eigenvalue weighted by Gasteiger charge is 2.44. The molecule has 1 aliphatic carbocycles. The van der Waals surface area contributed by atoms with Crippen molar-refractivity contribution in [2.45, 2.75) is 90.9 Å². The molecule has 5 atom stereocenters. The molecule has 1 heterocycles. The van der Waals surface area contributed by atoms with Gasteiger partial charge < -0.3 is 4.90 Å². The Morgan fingerprint density at radius 2 is 1.95 bits per heavy atom. The third-order valence-corrected chi connectivity index (χ3v) is 5.50. The summed E-state index contributed by atoms with van der Waals surface area (Å²) in [6, 6.07) is 0.497. The van der Waals surface area contributed by atoms with Gasteiger partial charge in [0.05, 0.1) is 12.2 Å². The molecule has 3 heteroatoms. The fourth-order valence-electron chi connectivity index (χ4n) is 3.91. The van der Waals surface area contributed by atoms with Gasteiger partial charge in [-0.3, -0.25) is 10.1 Å². The van der Waals surface area contributed by atoms with Crippen molar-refractivity contribution in [3.05, 3.63) is 0 Å². The Balaban J connectivity index is 2.17. The van der Waals surface area contributed by atoms with Crippen molar-refractivity contribution in [3.63, 3.8) is 0 Å². The van der Waals surface area contributed by atoms with Crippen LogP contribution in [0.2, 0.25) is 0 Å². The molecular weight excluding hydrogens is 248 g/mol. The monoisotopic (exact) mass is 280 g/mol. The first-order valence-corrected chi connectivity index (χ1v) is 8.68. The molecule has 1 saturated heterocycles. The van der Waals surface area contributed by atoms with Crippen LogP contribution in [0.25, 0.3) is 0 Å². The largest absolute Gasteiger partial charge is 0.323 e. The van der Waals surface area contributed by atoms with Crippen molar-refractivity contribution in [1.82, 2.24) is 10.2 Å². The molecular formula is C17H32N2O. The van der Waals surface area contributed by atoms with Crippen LogP contribution < -0.4 is 5.32 Å². The molecule has 0 aromatic rings. The normalized spacial score (nSPS) is 37.0. The summed E-state index contributed by atoms with van der Waals surface area (Å²) in [7, 11) is 0. The van der Waals surface area contributed by atoms with Gasteiger partial charge in [0, 0.05) is 6.04 Å². The zero-order valence-corrected chi connectivity index (χ0v) is 13.7. The zero-order chi connectivity index (χ0) is 14.7. The van der Waals surface area contributed by atoms with Gasteiger partial charge in [0.1, 0.15) is 0 Å². The number of nitrogens with zero attached hydrogens (tertiary/aromatic N) is 1. The van der Waals surface area contributed by atoms with Gasteiger partial charge in [-0.25, -0.2) is 0 Å². The summed E-state index contributed by atoms with van der Waals surface area (Å²) in [5.41, 5.74) is 0. The van der Waals surface area contributed by atoms with Crippen molar-refractivity contribution < 1.29 is 4.79 Å². The van der Waals surface area contributed by atoms with Gasteiger partial charge in [-0.1, -0.05) is 53.4 Å². The second-order valence-electron chi connectivity index (χ2n) is 6.88. The first-order valence-electron chi connectivity index (χ1n) is 8.68. The lowest BCUT2D eigenvalue weighted by Gasteiger charge is -2.35. The van der Waals surface area contributed by atoms with E-state index in [2.05, 4.69) is 37.9 Å². The molecule has 0 radical (unpaired) electrons. The highest BCUT2D eigenvalue weighted by atomic mass is 16.2. The molecule has 1 saturated carbocycles. The summed E-state index contributed by atoms with van der Waals surface area (Å²) in [6.07, 6.45) is 8.75. The Morgan fingerprint density at radius 1 is 1.25 bits per heavy atom. The molecule has 1 N–H and O–H groups in total. The lowest BCUT2D eigenvalue weighted by molar-refractivity contribution is -0.134. The fraction of sp³-hybridized carbons (Fsp3) is 0.941. The Hall–Kier alpha value is -0.570. The van der Waals surface area contributed by atoms with E-state index in [9.17, 15) is 4.79 Å². The van der Waals surface area contributed by atoms with E-state index in [-0.39, 0.29) is 12.2 Å². The summed E-state index contributed by atoms with van der Waals surface area (Å²) in [4.78, 5) is 15.1. The third-order valence-electron chi connectivity index (χ3n) is 5.50. The quantitative estimate of drug-likeness (QED) is 0.799. The lowest BCUT2D eigenvalue weighted by atomic mass is 9.93. The summed E-state index contributed by atoms with van der Waals surface area (Å²) in [5, 5.41) is 3.61. The maximum absolute atomic E-state index is 12.9. The molecule has 1 amide bonds. The second-order valence-corrected chi connectivity index (χ2v) is 6.88. The number of rotatable bonds is 4. The van der Waals surface area contributed by atoms with E-state index in [1.807, 2.05) is 0 Å². The molecule has 2 rings (SSSR count). The van der Waals surface area contributed by atoms with Gasteiger partial charge in [0.2, 0.25) is 5.91 Å². The first kappa shape index (κ1) is 15.8. The van der Waals surface area contributed by atoms with E-state index in [1.165, 1.54) is 32.1 Å². The van der Waals surface area contributed by atoms with Crippen LogP contribution in [0.5, 0.6) is 0 Å². The molecule has 3 nitrogen and oxygen atoms in total. The minimum atomic E-state index is 0.0420. The van der Waals surface area contributed by atoms with Crippen LogP contribution in [-0.2, 0) is 4.79 Å². The van der Waals surface area contributed by atoms with Crippen LogP contribution in [0.3, 0.4) is 0 Å². The number of nitrogens with one attached hydrogen (secondary N) is 1. The molecule has 20 heavy (non-hydrogen) atoms. The average Bonchev–Trinajstić information content (AvgIpc) is 2.63. The SMILES string of the molecule is CCC(C)C1NC(CC)N(C2CCCCCC2C)C1=O. The van der Waals surface area contributed by atoms with E-state index in [0.717, 1.165) is 12.8 Å². The van der Waals surface area contributed by atoms with Crippen molar-refractivity contribution in [2.24, 2.45) is 11.8 Å². The minimum Gasteiger partial charge on any atom is -0.323 e. The average molecular weight is 280 g/mol. The van der Waals surface area contributed by atoms with Crippen molar-refractivity contribution in [2.75, 3.05) is 0 Å². The number of hydrogen-bond donors (Lipinski definition) is 1. The molecule has 2 fully saturated rings. The van der Waals surface area contributed by atoms with Gasteiger partial charge in [-0.05, 0) is 31.1 Å². The first-order chi connectivity index (χ1) is 9.60. The van der Waals surface area contributed by atoms with E-state index in [4.69, 9.17) is 0 Å². The van der Waals surface area contributed by atoms with Gasteiger partial charge in [-0.2, -0.15) is 0 Å².